The van der Waals surface area contributed by atoms with Crippen LogP contribution in [0.2, 0.25) is 0 Å². The van der Waals surface area contributed by atoms with Crippen LogP contribution in [-0.4, -0.2) is 40.4 Å². The number of pyridine rings is 1. The molecule has 0 radical (unpaired) electrons. The van der Waals surface area contributed by atoms with E-state index in [0.717, 1.165) is 54.4 Å². The summed E-state index contributed by atoms with van der Waals surface area (Å²) in [5, 5.41) is 10.4. The lowest BCUT2D eigenvalue weighted by Crippen LogP contribution is -2.32. The van der Waals surface area contributed by atoms with Gasteiger partial charge in [-0.15, -0.1) is 0 Å². The Labute approximate surface area is 147 Å². The SMILES string of the molecule is Cc1nsc(N2CCCC(N(C)Cc3ccccn3)CC2)c1C#N. The molecule has 0 aromatic carbocycles. The Kier molecular flexibility index (Phi) is 5.44. The van der Waals surface area contributed by atoms with E-state index in [2.05, 4.69) is 38.3 Å². The number of nitrogens with zero attached hydrogens (tertiary/aromatic N) is 5. The van der Waals surface area contributed by atoms with Crippen LogP contribution in [0, 0.1) is 18.3 Å². The smallest absolute Gasteiger partial charge is 0.130 e. The Bertz CT molecular complexity index is 706. The maximum Gasteiger partial charge on any atom is 0.130 e. The molecule has 1 aliphatic heterocycles. The molecule has 0 saturated carbocycles. The minimum absolute atomic E-state index is 0.552. The predicted molar refractivity (Wildman–Crippen MR) is 97.1 cm³/mol. The maximum atomic E-state index is 9.37. The lowest BCUT2D eigenvalue weighted by molar-refractivity contribution is 0.215. The van der Waals surface area contributed by atoms with Crippen molar-refractivity contribution in [3.63, 3.8) is 0 Å². The second-order valence-electron chi connectivity index (χ2n) is 6.37. The zero-order valence-electron chi connectivity index (χ0n) is 14.3. The van der Waals surface area contributed by atoms with Crippen LogP contribution in [0.25, 0.3) is 0 Å². The van der Waals surface area contributed by atoms with Crippen molar-refractivity contribution in [1.29, 1.82) is 5.26 Å². The Balaban J connectivity index is 1.63. The van der Waals surface area contributed by atoms with Crippen LogP contribution < -0.4 is 4.90 Å². The summed E-state index contributed by atoms with van der Waals surface area (Å²) in [7, 11) is 2.19. The van der Waals surface area contributed by atoms with E-state index in [0.29, 0.717) is 6.04 Å². The molecule has 3 heterocycles. The van der Waals surface area contributed by atoms with Crippen molar-refractivity contribution in [2.75, 3.05) is 25.0 Å². The van der Waals surface area contributed by atoms with E-state index in [1.54, 1.807) is 0 Å². The lowest BCUT2D eigenvalue weighted by atomic mass is 10.1. The average Bonchev–Trinajstić information content (AvgIpc) is 2.81. The van der Waals surface area contributed by atoms with Gasteiger partial charge in [0.1, 0.15) is 16.6 Å². The molecule has 1 unspecified atom stereocenters. The number of rotatable bonds is 4. The molecule has 1 saturated heterocycles. The van der Waals surface area contributed by atoms with Gasteiger partial charge in [-0.25, -0.2) is 0 Å². The molecule has 1 aliphatic rings. The number of aryl methyl sites for hydroxylation is 1. The summed E-state index contributed by atoms with van der Waals surface area (Å²) in [6, 6.07) is 8.95. The molecule has 0 bridgehead atoms. The van der Waals surface area contributed by atoms with Crippen LogP contribution in [0.4, 0.5) is 5.00 Å². The van der Waals surface area contributed by atoms with E-state index < -0.39 is 0 Å². The first kappa shape index (κ1) is 16.9. The second kappa shape index (κ2) is 7.73. The number of aromatic nitrogens is 2. The van der Waals surface area contributed by atoms with Crippen molar-refractivity contribution < 1.29 is 0 Å². The van der Waals surface area contributed by atoms with Crippen molar-refractivity contribution in [1.82, 2.24) is 14.3 Å². The summed E-state index contributed by atoms with van der Waals surface area (Å²) < 4.78 is 4.36. The first-order valence-corrected chi connectivity index (χ1v) is 9.18. The molecule has 1 atom stereocenters. The van der Waals surface area contributed by atoms with Gasteiger partial charge in [-0.2, -0.15) is 9.64 Å². The fourth-order valence-corrected chi connectivity index (χ4v) is 4.20. The number of hydrogen-bond donors (Lipinski definition) is 0. The summed E-state index contributed by atoms with van der Waals surface area (Å²) in [4.78, 5) is 9.19. The standard InChI is InChI=1S/C18H23N5S/c1-14-17(12-19)18(24-21-14)23-10-5-7-16(8-11-23)22(2)13-15-6-3-4-9-20-15/h3-4,6,9,16H,5,7-8,10-11,13H2,1-2H3. The molecule has 0 N–H and O–H groups in total. The van der Waals surface area contributed by atoms with Crippen LogP contribution in [0.5, 0.6) is 0 Å². The first-order valence-electron chi connectivity index (χ1n) is 8.40. The van der Waals surface area contributed by atoms with Crippen molar-refractivity contribution >= 4 is 16.5 Å². The Morgan fingerprint density at radius 2 is 2.25 bits per heavy atom. The Morgan fingerprint density at radius 1 is 1.38 bits per heavy atom. The summed E-state index contributed by atoms with van der Waals surface area (Å²) in [5.41, 5.74) is 2.72. The fourth-order valence-electron chi connectivity index (χ4n) is 3.30. The van der Waals surface area contributed by atoms with Gasteiger partial charge in [0.05, 0.1) is 11.4 Å². The van der Waals surface area contributed by atoms with Gasteiger partial charge < -0.3 is 4.90 Å². The van der Waals surface area contributed by atoms with Crippen molar-refractivity contribution in [3.05, 3.63) is 41.3 Å². The van der Waals surface area contributed by atoms with Gasteiger partial charge in [-0.05, 0) is 56.9 Å². The van der Waals surface area contributed by atoms with Crippen LogP contribution in [0.1, 0.15) is 36.2 Å². The molecular formula is C18H23N5S. The largest absolute Gasteiger partial charge is 0.361 e. The number of nitriles is 1. The Hall–Kier alpha value is -1.97. The highest BCUT2D eigenvalue weighted by atomic mass is 32.1. The fraction of sp³-hybridized carbons (Fsp3) is 0.500. The van der Waals surface area contributed by atoms with Crippen molar-refractivity contribution in [3.8, 4) is 6.07 Å². The topological polar surface area (TPSA) is 56.1 Å². The quantitative estimate of drug-likeness (QED) is 0.855. The molecule has 5 nitrogen and oxygen atoms in total. The summed E-state index contributed by atoms with van der Waals surface area (Å²) in [6.07, 6.45) is 5.28. The molecule has 2 aromatic rings. The van der Waals surface area contributed by atoms with Gasteiger partial charge in [-0.1, -0.05) is 6.07 Å². The zero-order chi connectivity index (χ0) is 16.9. The summed E-state index contributed by atoms with van der Waals surface area (Å²) >= 11 is 1.46. The maximum absolute atomic E-state index is 9.37. The Morgan fingerprint density at radius 3 is 3.00 bits per heavy atom. The molecule has 0 spiro atoms. The van der Waals surface area contributed by atoms with Gasteiger partial charge in [-0.3, -0.25) is 9.88 Å². The second-order valence-corrected chi connectivity index (χ2v) is 7.12. The van der Waals surface area contributed by atoms with Gasteiger partial charge >= 0.3 is 0 Å². The van der Waals surface area contributed by atoms with Crippen molar-refractivity contribution in [2.24, 2.45) is 0 Å². The zero-order valence-corrected chi connectivity index (χ0v) is 15.1. The molecule has 24 heavy (non-hydrogen) atoms. The third kappa shape index (κ3) is 3.74. The van der Waals surface area contributed by atoms with Gasteiger partial charge in [0, 0.05) is 31.9 Å². The first-order chi connectivity index (χ1) is 11.7. The normalized spacial score (nSPS) is 18.4. The molecule has 2 aromatic heterocycles. The molecular weight excluding hydrogens is 318 g/mol. The number of anilines is 1. The monoisotopic (exact) mass is 341 g/mol. The molecule has 0 amide bonds. The summed E-state index contributed by atoms with van der Waals surface area (Å²) in [5.74, 6) is 0. The lowest BCUT2D eigenvalue weighted by Gasteiger charge is -2.27. The minimum Gasteiger partial charge on any atom is -0.361 e. The van der Waals surface area contributed by atoms with Crippen LogP contribution in [-0.2, 0) is 6.54 Å². The number of hydrogen-bond acceptors (Lipinski definition) is 6. The van der Waals surface area contributed by atoms with E-state index in [9.17, 15) is 5.26 Å². The van der Waals surface area contributed by atoms with E-state index >= 15 is 0 Å². The third-order valence-corrected chi connectivity index (χ3v) is 5.70. The third-order valence-electron chi connectivity index (χ3n) is 4.70. The van der Waals surface area contributed by atoms with E-state index in [4.69, 9.17) is 0 Å². The highest BCUT2D eigenvalue weighted by molar-refractivity contribution is 7.10. The summed E-state index contributed by atoms with van der Waals surface area (Å²) in [6.45, 7) is 4.78. The van der Waals surface area contributed by atoms with Gasteiger partial charge in [0.2, 0.25) is 0 Å². The highest BCUT2D eigenvalue weighted by Crippen LogP contribution is 2.30. The van der Waals surface area contributed by atoms with Crippen LogP contribution >= 0.6 is 11.5 Å². The van der Waals surface area contributed by atoms with Gasteiger partial charge in [0.25, 0.3) is 0 Å². The van der Waals surface area contributed by atoms with Gasteiger partial charge in [0.15, 0.2) is 0 Å². The van der Waals surface area contributed by atoms with E-state index in [1.165, 1.54) is 18.0 Å². The average molecular weight is 341 g/mol. The molecule has 6 heteroatoms. The van der Waals surface area contributed by atoms with Crippen LogP contribution in [0.15, 0.2) is 24.4 Å². The predicted octanol–water partition coefficient (Wildman–Crippen LogP) is 3.21. The molecule has 1 fully saturated rings. The van der Waals surface area contributed by atoms with E-state index in [-0.39, 0.29) is 0 Å². The minimum atomic E-state index is 0.552. The van der Waals surface area contributed by atoms with E-state index in [1.807, 2.05) is 25.3 Å². The van der Waals surface area contributed by atoms with Crippen LogP contribution in [0.3, 0.4) is 0 Å². The highest BCUT2D eigenvalue weighted by Gasteiger charge is 2.24. The molecule has 0 aliphatic carbocycles. The van der Waals surface area contributed by atoms with Crippen molar-refractivity contribution in [2.45, 2.75) is 38.8 Å². The molecule has 3 rings (SSSR count). The molecule has 126 valence electrons.